The van der Waals surface area contributed by atoms with Crippen molar-refractivity contribution in [3.05, 3.63) is 57.6 Å². The van der Waals surface area contributed by atoms with Crippen molar-refractivity contribution in [2.75, 3.05) is 11.9 Å². The minimum atomic E-state index is -4.51. The molecule has 0 saturated carbocycles. The minimum absolute atomic E-state index is 0.0691. The summed E-state index contributed by atoms with van der Waals surface area (Å²) in [7, 11) is 0. The second-order valence-corrected chi connectivity index (χ2v) is 5.54. The molecular weight excluding hydrogens is 366 g/mol. The summed E-state index contributed by atoms with van der Waals surface area (Å²) < 4.78 is 43.1. The van der Waals surface area contributed by atoms with Gasteiger partial charge in [-0.1, -0.05) is 23.2 Å². The van der Waals surface area contributed by atoms with Crippen LogP contribution in [-0.2, 0) is 6.18 Å². The Morgan fingerprint density at radius 2 is 1.83 bits per heavy atom. The largest absolute Gasteiger partial charge is 0.492 e. The van der Waals surface area contributed by atoms with Gasteiger partial charge in [-0.2, -0.15) is 13.2 Å². The van der Waals surface area contributed by atoms with Gasteiger partial charge in [-0.15, -0.1) is 0 Å². The fourth-order valence-corrected chi connectivity index (χ4v) is 2.36. The van der Waals surface area contributed by atoms with E-state index >= 15 is 0 Å². The number of rotatable bonds is 4. The highest BCUT2D eigenvalue weighted by molar-refractivity contribution is 6.34. The number of halogens is 5. The highest BCUT2D eigenvalue weighted by Gasteiger charge is 2.31. The van der Waals surface area contributed by atoms with E-state index in [0.29, 0.717) is 12.4 Å². The Balaban J connectivity index is 2.19. The summed E-state index contributed by atoms with van der Waals surface area (Å²) >= 11 is 11.8. The van der Waals surface area contributed by atoms with Crippen LogP contribution in [0.1, 0.15) is 22.8 Å². The van der Waals surface area contributed by atoms with Crippen molar-refractivity contribution in [3.63, 3.8) is 0 Å². The standard InChI is InChI=1S/C16H12Cl2F3NO2/c1-2-24-14-6-3-9(7-12(14)18)15(23)22-13-5-4-10(8-11(13)17)16(19,20)21/h3-8H,2H2,1H3,(H,22,23). The first-order chi connectivity index (χ1) is 11.2. The molecule has 0 aliphatic carbocycles. The molecule has 1 N–H and O–H groups in total. The number of anilines is 1. The van der Waals surface area contributed by atoms with Gasteiger partial charge in [0.15, 0.2) is 0 Å². The lowest BCUT2D eigenvalue weighted by Crippen LogP contribution is -2.13. The van der Waals surface area contributed by atoms with Gasteiger partial charge in [-0.3, -0.25) is 4.79 Å². The Hall–Kier alpha value is -1.92. The van der Waals surface area contributed by atoms with Crippen LogP contribution in [0.2, 0.25) is 10.0 Å². The predicted octanol–water partition coefficient (Wildman–Crippen LogP) is 5.66. The van der Waals surface area contributed by atoms with E-state index in [-0.39, 0.29) is 21.3 Å². The first-order valence-corrected chi connectivity index (χ1v) is 7.58. The average molecular weight is 378 g/mol. The lowest BCUT2D eigenvalue weighted by molar-refractivity contribution is -0.137. The topological polar surface area (TPSA) is 38.3 Å². The molecule has 0 saturated heterocycles. The van der Waals surface area contributed by atoms with Crippen molar-refractivity contribution in [2.24, 2.45) is 0 Å². The first kappa shape index (κ1) is 18.4. The van der Waals surface area contributed by atoms with Gasteiger partial charge in [0.2, 0.25) is 0 Å². The minimum Gasteiger partial charge on any atom is -0.492 e. The van der Waals surface area contributed by atoms with Crippen LogP contribution < -0.4 is 10.1 Å². The van der Waals surface area contributed by atoms with E-state index in [2.05, 4.69) is 5.32 Å². The number of nitrogens with one attached hydrogen (secondary N) is 1. The summed E-state index contributed by atoms with van der Waals surface area (Å²) in [5.74, 6) is -0.120. The molecule has 0 aliphatic heterocycles. The molecule has 2 aromatic carbocycles. The van der Waals surface area contributed by atoms with Gasteiger partial charge in [0, 0.05) is 5.56 Å². The molecule has 0 spiro atoms. The molecule has 2 rings (SSSR count). The number of ether oxygens (including phenoxy) is 1. The van der Waals surface area contributed by atoms with E-state index in [1.165, 1.54) is 18.2 Å². The molecule has 24 heavy (non-hydrogen) atoms. The van der Waals surface area contributed by atoms with Gasteiger partial charge in [0.1, 0.15) is 5.75 Å². The Morgan fingerprint density at radius 1 is 1.12 bits per heavy atom. The summed E-state index contributed by atoms with van der Waals surface area (Å²) in [6.07, 6.45) is -4.51. The highest BCUT2D eigenvalue weighted by atomic mass is 35.5. The summed E-state index contributed by atoms with van der Waals surface area (Å²) in [4.78, 5) is 12.2. The molecule has 128 valence electrons. The van der Waals surface area contributed by atoms with E-state index < -0.39 is 17.6 Å². The van der Waals surface area contributed by atoms with E-state index in [9.17, 15) is 18.0 Å². The Bertz CT molecular complexity index is 763. The first-order valence-electron chi connectivity index (χ1n) is 6.83. The zero-order valence-corrected chi connectivity index (χ0v) is 13.9. The number of hydrogen-bond acceptors (Lipinski definition) is 2. The molecule has 0 heterocycles. The Kier molecular flexibility index (Phi) is 5.62. The van der Waals surface area contributed by atoms with Crippen LogP contribution in [-0.4, -0.2) is 12.5 Å². The number of carbonyl (C=O) groups is 1. The number of benzene rings is 2. The monoisotopic (exact) mass is 377 g/mol. The molecule has 0 atom stereocenters. The van der Waals surface area contributed by atoms with Crippen LogP contribution in [0.15, 0.2) is 36.4 Å². The third-order valence-electron chi connectivity index (χ3n) is 3.04. The third-order valence-corrected chi connectivity index (χ3v) is 3.65. The maximum Gasteiger partial charge on any atom is 0.416 e. The Morgan fingerprint density at radius 3 is 2.38 bits per heavy atom. The SMILES string of the molecule is CCOc1ccc(C(=O)Nc2ccc(C(F)(F)F)cc2Cl)cc1Cl. The van der Waals surface area contributed by atoms with Crippen molar-refractivity contribution in [1.82, 2.24) is 0 Å². The van der Waals surface area contributed by atoms with Crippen LogP contribution >= 0.6 is 23.2 Å². The van der Waals surface area contributed by atoms with E-state index in [1.54, 1.807) is 6.92 Å². The Labute approximate surface area is 146 Å². The highest BCUT2D eigenvalue weighted by Crippen LogP contribution is 2.34. The molecule has 0 aromatic heterocycles. The summed E-state index contributed by atoms with van der Waals surface area (Å²) in [6, 6.07) is 7.12. The second-order valence-electron chi connectivity index (χ2n) is 4.72. The van der Waals surface area contributed by atoms with Crippen molar-refractivity contribution in [3.8, 4) is 5.75 Å². The van der Waals surface area contributed by atoms with Crippen molar-refractivity contribution < 1.29 is 22.7 Å². The molecule has 2 aromatic rings. The van der Waals surface area contributed by atoms with Crippen molar-refractivity contribution >= 4 is 34.8 Å². The van der Waals surface area contributed by atoms with Crippen LogP contribution in [0.3, 0.4) is 0 Å². The van der Waals surface area contributed by atoms with E-state index in [0.717, 1.165) is 18.2 Å². The molecule has 0 bridgehead atoms. The normalized spacial score (nSPS) is 11.2. The predicted molar refractivity (Wildman–Crippen MR) is 87.0 cm³/mol. The van der Waals surface area contributed by atoms with Gasteiger partial charge in [0.25, 0.3) is 5.91 Å². The molecule has 0 fully saturated rings. The van der Waals surface area contributed by atoms with Crippen molar-refractivity contribution in [2.45, 2.75) is 13.1 Å². The van der Waals surface area contributed by atoms with Crippen LogP contribution in [0, 0.1) is 0 Å². The van der Waals surface area contributed by atoms with Gasteiger partial charge >= 0.3 is 6.18 Å². The van der Waals surface area contributed by atoms with Gasteiger partial charge in [-0.05, 0) is 43.3 Å². The molecule has 1 amide bonds. The molecule has 0 unspecified atom stereocenters. The van der Waals surface area contributed by atoms with Crippen LogP contribution in [0.5, 0.6) is 5.75 Å². The van der Waals surface area contributed by atoms with E-state index in [1.807, 2.05) is 0 Å². The molecular formula is C16H12Cl2F3NO2. The summed E-state index contributed by atoms with van der Waals surface area (Å²) in [6.45, 7) is 2.22. The summed E-state index contributed by atoms with van der Waals surface area (Å²) in [5.41, 5.74) is -0.603. The molecule has 3 nitrogen and oxygen atoms in total. The maximum atomic E-state index is 12.6. The number of amides is 1. The smallest absolute Gasteiger partial charge is 0.416 e. The lowest BCUT2D eigenvalue weighted by atomic mass is 10.1. The number of hydrogen-bond donors (Lipinski definition) is 1. The zero-order chi connectivity index (χ0) is 17.9. The van der Waals surface area contributed by atoms with Gasteiger partial charge in [-0.25, -0.2) is 0 Å². The number of alkyl halides is 3. The maximum absolute atomic E-state index is 12.6. The third kappa shape index (κ3) is 4.33. The fourth-order valence-electron chi connectivity index (χ4n) is 1.90. The number of carbonyl (C=O) groups excluding carboxylic acids is 1. The molecule has 0 radical (unpaired) electrons. The lowest BCUT2D eigenvalue weighted by Gasteiger charge is -2.12. The van der Waals surface area contributed by atoms with Gasteiger partial charge < -0.3 is 10.1 Å². The zero-order valence-electron chi connectivity index (χ0n) is 12.4. The van der Waals surface area contributed by atoms with Crippen LogP contribution in [0.4, 0.5) is 18.9 Å². The van der Waals surface area contributed by atoms with Gasteiger partial charge in [0.05, 0.1) is 27.9 Å². The molecule has 0 aliphatic rings. The van der Waals surface area contributed by atoms with E-state index in [4.69, 9.17) is 27.9 Å². The average Bonchev–Trinajstić information content (AvgIpc) is 2.50. The van der Waals surface area contributed by atoms with Crippen molar-refractivity contribution in [1.29, 1.82) is 0 Å². The quantitative estimate of drug-likeness (QED) is 0.745. The molecule has 8 heteroatoms. The fraction of sp³-hybridized carbons (Fsp3) is 0.188. The second kappa shape index (κ2) is 7.32. The summed E-state index contributed by atoms with van der Waals surface area (Å²) in [5, 5.41) is 2.49. The van der Waals surface area contributed by atoms with Crippen LogP contribution in [0.25, 0.3) is 0 Å².